The molecule has 8 N–H and O–H groups in total. The van der Waals surface area contributed by atoms with Gasteiger partial charge in [-0.15, -0.1) is 0 Å². The zero-order valence-electron chi connectivity index (χ0n) is 15.8. The molecule has 11 heteroatoms. The summed E-state index contributed by atoms with van der Waals surface area (Å²) in [6, 6.07) is -2.51. The Kier molecular flexibility index (Phi) is 13.3. The van der Waals surface area contributed by atoms with Crippen LogP contribution in [-0.2, 0) is 19.2 Å². The molecule has 0 aromatic rings. The molecule has 0 saturated carbocycles. The number of amides is 3. The average Bonchev–Trinajstić information content (AvgIpc) is 2.62. The molecule has 0 radical (unpaired) electrons. The van der Waals surface area contributed by atoms with Crippen molar-refractivity contribution in [3.63, 3.8) is 0 Å². The Balaban J connectivity index is 4.63. The van der Waals surface area contributed by atoms with Crippen LogP contribution in [0.3, 0.4) is 0 Å². The standard InChI is InChI=1S/C16H31N5O5S/c1-10(20-15(25)11(18)5-3-4-7-17)14(24)21-12(6-8-27-2)16(26)19-9-13(22)23/h10-12H,3-9,17-18H2,1-2H3,(H,19,26)(H,20,25)(H,21,24)(H,22,23). The highest BCUT2D eigenvalue weighted by molar-refractivity contribution is 7.98. The molecule has 3 unspecified atom stereocenters. The van der Waals surface area contributed by atoms with Crippen molar-refractivity contribution in [2.24, 2.45) is 11.5 Å². The predicted molar refractivity (Wildman–Crippen MR) is 104 cm³/mol. The SMILES string of the molecule is CSCCC(NC(=O)C(C)NC(=O)C(N)CCCCN)C(=O)NCC(=O)O. The number of nitrogens with one attached hydrogen (secondary N) is 3. The molecule has 0 saturated heterocycles. The van der Waals surface area contributed by atoms with Gasteiger partial charge in [-0.25, -0.2) is 0 Å². The number of carbonyl (C=O) groups excluding carboxylic acids is 3. The van der Waals surface area contributed by atoms with Gasteiger partial charge in [0.25, 0.3) is 0 Å². The lowest BCUT2D eigenvalue weighted by Gasteiger charge is -2.21. The van der Waals surface area contributed by atoms with Crippen molar-refractivity contribution in [1.82, 2.24) is 16.0 Å². The third kappa shape index (κ3) is 11.5. The largest absolute Gasteiger partial charge is 0.480 e. The minimum absolute atomic E-state index is 0.331. The maximum Gasteiger partial charge on any atom is 0.322 e. The van der Waals surface area contributed by atoms with Crippen molar-refractivity contribution < 1.29 is 24.3 Å². The topological polar surface area (TPSA) is 177 Å². The van der Waals surface area contributed by atoms with E-state index >= 15 is 0 Å². The molecule has 0 aromatic carbocycles. The second-order valence-corrected chi connectivity index (χ2v) is 7.06. The molecule has 0 spiro atoms. The number of carboxylic acid groups (broad SMARTS) is 1. The molecule has 0 aromatic heterocycles. The van der Waals surface area contributed by atoms with Crippen LogP contribution in [0, 0.1) is 0 Å². The van der Waals surface area contributed by atoms with E-state index in [1.54, 1.807) is 0 Å². The molecule has 0 aliphatic rings. The molecule has 0 bridgehead atoms. The summed E-state index contributed by atoms with van der Waals surface area (Å²) in [5.74, 6) is -2.17. The highest BCUT2D eigenvalue weighted by Crippen LogP contribution is 2.02. The van der Waals surface area contributed by atoms with Gasteiger partial charge in [-0.05, 0) is 44.7 Å². The molecule has 0 rings (SSSR count). The van der Waals surface area contributed by atoms with Crippen LogP contribution in [0.2, 0.25) is 0 Å². The number of aliphatic carboxylic acids is 1. The molecule has 3 atom stereocenters. The summed E-state index contributed by atoms with van der Waals surface area (Å²) in [7, 11) is 0. The van der Waals surface area contributed by atoms with Crippen LogP contribution in [-0.4, -0.2) is 72.0 Å². The number of hydrogen-bond donors (Lipinski definition) is 6. The predicted octanol–water partition coefficient (Wildman–Crippen LogP) is -1.61. The van der Waals surface area contributed by atoms with Crippen LogP contribution in [0.1, 0.15) is 32.6 Å². The smallest absolute Gasteiger partial charge is 0.322 e. The highest BCUT2D eigenvalue weighted by Gasteiger charge is 2.25. The second-order valence-electron chi connectivity index (χ2n) is 6.08. The van der Waals surface area contributed by atoms with Gasteiger partial charge >= 0.3 is 5.97 Å². The van der Waals surface area contributed by atoms with E-state index < -0.39 is 48.4 Å². The number of hydrogen-bond acceptors (Lipinski definition) is 7. The van der Waals surface area contributed by atoms with Crippen molar-refractivity contribution in [3.05, 3.63) is 0 Å². The van der Waals surface area contributed by atoms with Gasteiger partial charge in [-0.3, -0.25) is 19.2 Å². The second kappa shape index (κ2) is 14.2. The van der Waals surface area contributed by atoms with Gasteiger partial charge in [0.05, 0.1) is 6.04 Å². The Hall–Kier alpha value is -1.85. The van der Waals surface area contributed by atoms with Gasteiger partial charge in [0.1, 0.15) is 18.6 Å². The van der Waals surface area contributed by atoms with Gasteiger partial charge in [0.15, 0.2) is 0 Å². The summed E-state index contributed by atoms with van der Waals surface area (Å²) < 4.78 is 0. The summed E-state index contributed by atoms with van der Waals surface area (Å²) in [6.07, 6.45) is 4.12. The maximum atomic E-state index is 12.3. The first-order valence-electron chi connectivity index (χ1n) is 8.77. The summed E-state index contributed by atoms with van der Waals surface area (Å²) >= 11 is 1.49. The van der Waals surface area contributed by atoms with E-state index in [2.05, 4.69) is 16.0 Å². The Bertz CT molecular complexity index is 506. The minimum atomic E-state index is -1.18. The summed E-state index contributed by atoms with van der Waals surface area (Å²) in [6.45, 7) is 1.48. The van der Waals surface area contributed by atoms with E-state index in [0.717, 1.165) is 6.42 Å². The molecular formula is C16H31N5O5S. The zero-order chi connectivity index (χ0) is 20.8. The fourth-order valence-electron chi connectivity index (χ4n) is 2.11. The third-order valence-electron chi connectivity index (χ3n) is 3.72. The molecule has 0 fully saturated rings. The maximum absolute atomic E-state index is 12.3. The van der Waals surface area contributed by atoms with Crippen molar-refractivity contribution in [2.75, 3.05) is 25.1 Å². The van der Waals surface area contributed by atoms with E-state index in [-0.39, 0.29) is 0 Å². The lowest BCUT2D eigenvalue weighted by Crippen LogP contribution is -2.55. The Morgan fingerprint density at radius 2 is 1.70 bits per heavy atom. The van der Waals surface area contributed by atoms with Crippen LogP contribution in [0.15, 0.2) is 0 Å². The van der Waals surface area contributed by atoms with Gasteiger partial charge in [-0.2, -0.15) is 11.8 Å². The quantitative estimate of drug-likeness (QED) is 0.187. The van der Waals surface area contributed by atoms with Crippen molar-refractivity contribution in [2.45, 2.75) is 50.7 Å². The number of carboxylic acids is 1. The lowest BCUT2D eigenvalue weighted by molar-refractivity contribution is -0.138. The van der Waals surface area contributed by atoms with Gasteiger partial charge in [0, 0.05) is 0 Å². The number of thioether (sulfide) groups is 1. The van der Waals surface area contributed by atoms with E-state index in [1.165, 1.54) is 18.7 Å². The first kappa shape index (κ1) is 25.1. The van der Waals surface area contributed by atoms with Crippen LogP contribution < -0.4 is 27.4 Å². The minimum Gasteiger partial charge on any atom is -0.480 e. The average molecular weight is 406 g/mol. The molecule has 0 heterocycles. The van der Waals surface area contributed by atoms with Crippen LogP contribution in [0.25, 0.3) is 0 Å². The molecule has 27 heavy (non-hydrogen) atoms. The van der Waals surface area contributed by atoms with Gasteiger partial charge in [0.2, 0.25) is 17.7 Å². The van der Waals surface area contributed by atoms with Crippen molar-refractivity contribution >= 4 is 35.5 Å². The van der Waals surface area contributed by atoms with E-state index in [9.17, 15) is 19.2 Å². The number of nitrogens with two attached hydrogens (primary N) is 2. The molecule has 156 valence electrons. The monoisotopic (exact) mass is 405 g/mol. The van der Waals surface area contributed by atoms with Crippen LogP contribution >= 0.6 is 11.8 Å². The van der Waals surface area contributed by atoms with Crippen molar-refractivity contribution in [3.8, 4) is 0 Å². The third-order valence-corrected chi connectivity index (χ3v) is 4.36. The fraction of sp³-hybridized carbons (Fsp3) is 0.750. The van der Waals surface area contributed by atoms with E-state index in [0.29, 0.717) is 31.6 Å². The van der Waals surface area contributed by atoms with Gasteiger partial charge < -0.3 is 32.5 Å². The van der Waals surface area contributed by atoms with Gasteiger partial charge in [-0.1, -0.05) is 6.42 Å². The first-order valence-corrected chi connectivity index (χ1v) is 10.2. The lowest BCUT2D eigenvalue weighted by atomic mass is 10.1. The van der Waals surface area contributed by atoms with E-state index in [4.69, 9.17) is 16.6 Å². The Labute approximate surface area is 163 Å². The van der Waals surface area contributed by atoms with Crippen LogP contribution in [0.4, 0.5) is 0 Å². The zero-order valence-corrected chi connectivity index (χ0v) is 16.6. The summed E-state index contributed by atoms with van der Waals surface area (Å²) in [4.78, 5) is 47.0. The van der Waals surface area contributed by atoms with Crippen LogP contribution in [0.5, 0.6) is 0 Å². The fourth-order valence-corrected chi connectivity index (χ4v) is 2.58. The van der Waals surface area contributed by atoms with Crippen molar-refractivity contribution in [1.29, 1.82) is 0 Å². The normalized spacial score (nSPS) is 13.9. The summed E-state index contributed by atoms with van der Waals surface area (Å²) in [5.41, 5.74) is 11.2. The Morgan fingerprint density at radius 3 is 2.26 bits per heavy atom. The van der Waals surface area contributed by atoms with E-state index in [1.807, 2.05) is 6.26 Å². The highest BCUT2D eigenvalue weighted by atomic mass is 32.2. The number of carbonyl (C=O) groups is 4. The Morgan fingerprint density at radius 1 is 1.04 bits per heavy atom. The molecule has 0 aliphatic heterocycles. The number of rotatable bonds is 14. The summed E-state index contributed by atoms with van der Waals surface area (Å²) in [5, 5.41) is 16.0. The molecule has 0 aliphatic carbocycles. The molecule has 3 amide bonds. The molecular weight excluding hydrogens is 374 g/mol. The molecule has 10 nitrogen and oxygen atoms in total. The first-order chi connectivity index (χ1) is 12.7. The number of unbranched alkanes of at least 4 members (excludes halogenated alkanes) is 1.